The molecule has 2 N–H and O–H groups in total. The lowest BCUT2D eigenvalue weighted by Crippen LogP contribution is -2.30. The first-order chi connectivity index (χ1) is 13.2. The number of Topliss-reactive ketones (excluding diaryl/α,β-unsaturated/α-hetero) is 1. The minimum absolute atomic E-state index is 0.00900. The minimum Gasteiger partial charge on any atom is -0.481 e. The summed E-state index contributed by atoms with van der Waals surface area (Å²) in [6.45, 7) is 8.41. The van der Waals surface area contributed by atoms with Crippen molar-refractivity contribution in [1.29, 1.82) is 0 Å². The van der Waals surface area contributed by atoms with E-state index in [1.165, 1.54) is 12.1 Å². The van der Waals surface area contributed by atoms with Crippen LogP contribution in [-0.4, -0.2) is 27.9 Å². The molecule has 5 nitrogen and oxygen atoms in total. The Bertz CT molecular complexity index is 910. The zero-order valence-electron chi connectivity index (χ0n) is 17.2. The van der Waals surface area contributed by atoms with Gasteiger partial charge >= 0.3 is 5.97 Å². The van der Waals surface area contributed by atoms with Gasteiger partial charge in [-0.15, -0.1) is 0 Å². The highest BCUT2D eigenvalue weighted by molar-refractivity contribution is 7.62. The van der Waals surface area contributed by atoms with Crippen molar-refractivity contribution in [3.63, 3.8) is 0 Å². The van der Waals surface area contributed by atoms with Crippen molar-refractivity contribution in [2.45, 2.75) is 47.0 Å². The molecule has 1 aromatic rings. The lowest BCUT2D eigenvalue weighted by atomic mass is 9.61. The fourth-order valence-corrected chi connectivity index (χ4v) is 5.40. The third-order valence-corrected chi connectivity index (χ3v) is 6.47. The molecule has 7 heteroatoms. The molecule has 158 valence electrons. The van der Waals surface area contributed by atoms with Crippen LogP contribution in [0.2, 0.25) is 0 Å². The van der Waals surface area contributed by atoms with Crippen molar-refractivity contribution in [3.8, 4) is 0 Å². The first-order valence-corrected chi connectivity index (χ1v) is 11.4. The van der Waals surface area contributed by atoms with Crippen molar-refractivity contribution in [2.75, 3.05) is 6.16 Å². The van der Waals surface area contributed by atoms with Gasteiger partial charge in [0.1, 0.15) is 12.2 Å². The van der Waals surface area contributed by atoms with Crippen molar-refractivity contribution in [3.05, 3.63) is 53.1 Å². The molecule has 0 saturated heterocycles. The van der Waals surface area contributed by atoms with E-state index in [9.17, 15) is 23.4 Å². The van der Waals surface area contributed by atoms with E-state index in [1.54, 1.807) is 18.2 Å². The highest BCUT2D eigenvalue weighted by Gasteiger charge is 2.38. The van der Waals surface area contributed by atoms with Crippen LogP contribution in [0.15, 0.2) is 41.7 Å². The number of carbonyl (C=O) groups excluding carboxylic acids is 1. The van der Waals surface area contributed by atoms with Crippen molar-refractivity contribution in [1.82, 2.24) is 0 Å². The molecule has 1 aliphatic carbocycles. The number of benzene rings is 1. The molecule has 1 aliphatic rings. The molecule has 29 heavy (non-hydrogen) atoms. The van der Waals surface area contributed by atoms with Gasteiger partial charge < -0.3 is 10.00 Å². The van der Waals surface area contributed by atoms with Crippen molar-refractivity contribution >= 4 is 24.7 Å². The van der Waals surface area contributed by atoms with E-state index in [0.29, 0.717) is 0 Å². The van der Waals surface area contributed by atoms with Gasteiger partial charge in [0.2, 0.25) is 7.37 Å². The SMILES string of the molecule is CC1(C)CC(c2ccc(F)cc2)=C(C=CP(=O)(O)CC(=O)CC(=O)O)C(C)(C)C1. The number of rotatable bonds is 7. The number of ketones is 1. The van der Waals surface area contributed by atoms with Crippen LogP contribution in [0, 0.1) is 16.6 Å². The molecule has 0 aliphatic heterocycles. The Labute approximate surface area is 170 Å². The average Bonchev–Trinajstić information content (AvgIpc) is 2.50. The molecule has 0 bridgehead atoms. The summed E-state index contributed by atoms with van der Waals surface area (Å²) < 4.78 is 25.9. The van der Waals surface area contributed by atoms with Crippen LogP contribution in [0.3, 0.4) is 0 Å². The lowest BCUT2D eigenvalue weighted by molar-refractivity contribution is -0.139. The quantitative estimate of drug-likeness (QED) is 0.462. The van der Waals surface area contributed by atoms with Gasteiger partial charge in [-0.05, 0) is 52.5 Å². The van der Waals surface area contributed by atoms with E-state index in [1.807, 2.05) is 0 Å². The molecule has 0 radical (unpaired) electrons. The minimum atomic E-state index is -3.97. The fraction of sp³-hybridized carbons (Fsp3) is 0.455. The van der Waals surface area contributed by atoms with Gasteiger partial charge in [-0.1, -0.05) is 45.9 Å². The van der Waals surface area contributed by atoms with Crippen LogP contribution < -0.4 is 0 Å². The molecule has 0 saturated carbocycles. The van der Waals surface area contributed by atoms with Gasteiger partial charge in [0.15, 0.2) is 5.78 Å². The Morgan fingerprint density at radius 2 is 1.76 bits per heavy atom. The number of hydrogen-bond donors (Lipinski definition) is 2. The standard InChI is InChI=1S/C22H28FO5P/c1-21(2)12-18(15-5-7-16(23)8-6-15)19(22(3,4)14-21)9-10-29(27,28)13-17(24)11-20(25)26/h5-10H,11-14H2,1-4H3,(H,25,26)(H,27,28). The number of carbonyl (C=O) groups is 2. The van der Waals surface area contributed by atoms with Crippen LogP contribution in [-0.2, 0) is 14.2 Å². The van der Waals surface area contributed by atoms with Gasteiger partial charge in [0, 0.05) is 5.82 Å². The smallest absolute Gasteiger partial charge is 0.310 e. The summed E-state index contributed by atoms with van der Waals surface area (Å²) in [4.78, 5) is 32.5. The molecular weight excluding hydrogens is 394 g/mol. The topological polar surface area (TPSA) is 91.7 Å². The first-order valence-electron chi connectivity index (χ1n) is 9.45. The van der Waals surface area contributed by atoms with Crippen LogP contribution in [0.25, 0.3) is 5.57 Å². The predicted octanol–water partition coefficient (Wildman–Crippen LogP) is 5.25. The van der Waals surface area contributed by atoms with Gasteiger partial charge in [0.05, 0.1) is 6.16 Å². The molecule has 2 rings (SSSR count). The molecule has 0 aromatic heterocycles. The first kappa shape index (κ1) is 23.2. The van der Waals surface area contributed by atoms with Crippen LogP contribution in [0.1, 0.15) is 52.5 Å². The average molecular weight is 422 g/mol. The Balaban J connectivity index is 2.46. The zero-order chi connectivity index (χ0) is 22.0. The van der Waals surface area contributed by atoms with E-state index in [2.05, 4.69) is 27.7 Å². The number of hydrogen-bond acceptors (Lipinski definition) is 3. The second-order valence-electron chi connectivity index (χ2n) is 9.14. The summed E-state index contributed by atoms with van der Waals surface area (Å²) >= 11 is 0. The fourth-order valence-electron chi connectivity index (χ4n) is 4.29. The highest BCUT2D eigenvalue weighted by atomic mass is 31.2. The predicted molar refractivity (Wildman–Crippen MR) is 111 cm³/mol. The third kappa shape index (κ3) is 6.48. The van der Waals surface area contributed by atoms with E-state index in [4.69, 9.17) is 5.11 Å². The normalized spacial score (nSPS) is 20.5. The van der Waals surface area contributed by atoms with Gasteiger partial charge in [-0.25, -0.2) is 4.39 Å². The third-order valence-electron chi connectivity index (χ3n) is 5.05. The summed E-state index contributed by atoms with van der Waals surface area (Å²) in [5.74, 6) is -1.32. The Morgan fingerprint density at radius 3 is 2.31 bits per heavy atom. The summed E-state index contributed by atoms with van der Waals surface area (Å²) in [6.07, 6.45) is 1.67. The Kier molecular flexibility index (Phi) is 6.71. The lowest BCUT2D eigenvalue weighted by Gasteiger charge is -2.43. The Hall–Kier alpha value is -2.04. The number of carboxylic acids is 1. The summed E-state index contributed by atoms with van der Waals surface area (Å²) in [5, 5.41) is 8.67. The molecule has 0 fully saturated rings. The van der Waals surface area contributed by atoms with Gasteiger partial charge in [-0.3, -0.25) is 14.2 Å². The monoisotopic (exact) mass is 422 g/mol. The van der Waals surface area contributed by atoms with Crippen molar-refractivity contribution in [2.24, 2.45) is 10.8 Å². The second kappa shape index (κ2) is 8.37. The van der Waals surface area contributed by atoms with Crippen molar-refractivity contribution < 1.29 is 28.5 Å². The Morgan fingerprint density at radius 1 is 1.17 bits per heavy atom. The van der Waals surface area contributed by atoms with E-state index < -0.39 is 31.7 Å². The number of carboxylic acid groups (broad SMARTS) is 1. The van der Waals surface area contributed by atoms with Crippen LogP contribution >= 0.6 is 7.37 Å². The molecule has 0 heterocycles. The maximum absolute atomic E-state index is 13.4. The zero-order valence-corrected chi connectivity index (χ0v) is 18.1. The second-order valence-corrected chi connectivity index (χ2v) is 11.3. The number of allylic oxidation sites excluding steroid dienone is 3. The number of halogens is 1. The van der Waals surface area contributed by atoms with E-state index >= 15 is 0 Å². The maximum atomic E-state index is 13.4. The van der Waals surface area contributed by atoms with Gasteiger partial charge in [0.25, 0.3) is 0 Å². The van der Waals surface area contributed by atoms with E-state index in [-0.39, 0.29) is 16.6 Å². The van der Waals surface area contributed by atoms with Crippen LogP contribution in [0.4, 0.5) is 4.39 Å². The number of aliphatic carboxylic acids is 1. The molecule has 1 atom stereocenters. The van der Waals surface area contributed by atoms with E-state index in [0.717, 1.165) is 35.4 Å². The molecule has 0 amide bonds. The maximum Gasteiger partial charge on any atom is 0.310 e. The molecule has 0 spiro atoms. The summed E-state index contributed by atoms with van der Waals surface area (Å²) in [5.41, 5.74) is 2.36. The summed E-state index contributed by atoms with van der Waals surface area (Å²) in [7, 11) is -3.97. The highest BCUT2D eigenvalue weighted by Crippen LogP contribution is 2.53. The molecule has 1 aromatic carbocycles. The van der Waals surface area contributed by atoms with Crippen LogP contribution in [0.5, 0.6) is 0 Å². The molecular formula is C22H28FO5P. The largest absolute Gasteiger partial charge is 0.481 e. The molecule has 1 unspecified atom stereocenters. The van der Waals surface area contributed by atoms with Gasteiger partial charge in [-0.2, -0.15) is 0 Å². The summed E-state index contributed by atoms with van der Waals surface area (Å²) in [6, 6.07) is 6.18.